The number of aromatic nitrogens is 2. The normalized spacial score (nSPS) is 13.1. The highest BCUT2D eigenvalue weighted by Gasteiger charge is 2.14. The molecule has 0 fully saturated rings. The fourth-order valence-electron chi connectivity index (χ4n) is 1.95. The third kappa shape index (κ3) is 3.06. The first-order valence-corrected chi connectivity index (χ1v) is 5.94. The maximum atomic E-state index is 4.48. The minimum Gasteiger partial charge on any atom is -0.312 e. The SMILES string of the molecule is CCCCC(NC)c1cc(C)nn1CC. The molecular formula is C12H23N3. The Bertz CT molecular complexity index is 291. The molecule has 0 saturated carbocycles. The second kappa shape index (κ2) is 5.91. The molecule has 1 atom stereocenters. The molecule has 1 unspecified atom stereocenters. The Hall–Kier alpha value is -0.830. The average Bonchev–Trinajstić information content (AvgIpc) is 2.61. The van der Waals surface area contributed by atoms with Crippen molar-refractivity contribution in [2.45, 2.75) is 52.6 Å². The van der Waals surface area contributed by atoms with Gasteiger partial charge in [0.15, 0.2) is 0 Å². The summed E-state index contributed by atoms with van der Waals surface area (Å²) in [5.74, 6) is 0. The van der Waals surface area contributed by atoms with Crippen LogP contribution in [0, 0.1) is 6.92 Å². The summed E-state index contributed by atoms with van der Waals surface area (Å²) in [5, 5.41) is 7.86. The summed E-state index contributed by atoms with van der Waals surface area (Å²) in [7, 11) is 2.03. The van der Waals surface area contributed by atoms with Crippen LogP contribution in [0.2, 0.25) is 0 Å². The van der Waals surface area contributed by atoms with Crippen LogP contribution >= 0.6 is 0 Å². The predicted octanol–water partition coefficient (Wildman–Crippen LogP) is 2.66. The molecule has 1 aromatic heterocycles. The molecule has 0 aliphatic carbocycles. The van der Waals surface area contributed by atoms with Crippen LogP contribution in [0.15, 0.2) is 6.07 Å². The Morgan fingerprint density at radius 3 is 2.73 bits per heavy atom. The third-order valence-corrected chi connectivity index (χ3v) is 2.78. The van der Waals surface area contributed by atoms with Crippen LogP contribution in [-0.4, -0.2) is 16.8 Å². The molecule has 0 aromatic carbocycles. The molecule has 86 valence electrons. The van der Waals surface area contributed by atoms with Gasteiger partial charge in [0.05, 0.1) is 11.4 Å². The molecule has 1 rings (SSSR count). The van der Waals surface area contributed by atoms with E-state index in [1.165, 1.54) is 25.0 Å². The lowest BCUT2D eigenvalue weighted by Crippen LogP contribution is -2.20. The first-order valence-electron chi connectivity index (χ1n) is 5.94. The van der Waals surface area contributed by atoms with Crippen molar-refractivity contribution in [2.75, 3.05) is 7.05 Å². The van der Waals surface area contributed by atoms with E-state index in [-0.39, 0.29) is 0 Å². The number of nitrogens with zero attached hydrogens (tertiary/aromatic N) is 2. The van der Waals surface area contributed by atoms with E-state index in [0.717, 1.165) is 12.2 Å². The quantitative estimate of drug-likeness (QED) is 0.780. The average molecular weight is 209 g/mol. The van der Waals surface area contributed by atoms with Crippen molar-refractivity contribution in [1.82, 2.24) is 15.1 Å². The van der Waals surface area contributed by atoms with Gasteiger partial charge in [0, 0.05) is 12.6 Å². The van der Waals surface area contributed by atoms with Gasteiger partial charge in [-0.05, 0) is 33.4 Å². The lowest BCUT2D eigenvalue weighted by atomic mass is 10.1. The van der Waals surface area contributed by atoms with E-state index in [4.69, 9.17) is 0 Å². The van der Waals surface area contributed by atoms with Gasteiger partial charge < -0.3 is 5.32 Å². The van der Waals surface area contributed by atoms with Crippen molar-refractivity contribution in [3.8, 4) is 0 Å². The van der Waals surface area contributed by atoms with Crippen LogP contribution in [0.1, 0.15) is 50.5 Å². The Labute approximate surface area is 92.9 Å². The molecule has 3 nitrogen and oxygen atoms in total. The molecular weight excluding hydrogens is 186 g/mol. The zero-order valence-corrected chi connectivity index (χ0v) is 10.4. The van der Waals surface area contributed by atoms with Crippen LogP contribution in [0.5, 0.6) is 0 Å². The minimum absolute atomic E-state index is 0.450. The Morgan fingerprint density at radius 2 is 2.20 bits per heavy atom. The summed E-state index contributed by atoms with van der Waals surface area (Å²) in [6, 6.07) is 2.64. The summed E-state index contributed by atoms with van der Waals surface area (Å²) >= 11 is 0. The maximum Gasteiger partial charge on any atom is 0.0597 e. The number of hydrogen-bond acceptors (Lipinski definition) is 2. The van der Waals surface area contributed by atoms with E-state index >= 15 is 0 Å². The molecule has 0 spiro atoms. The van der Waals surface area contributed by atoms with E-state index in [1.54, 1.807) is 0 Å². The molecule has 0 radical (unpaired) electrons. The van der Waals surface area contributed by atoms with Gasteiger partial charge >= 0.3 is 0 Å². The van der Waals surface area contributed by atoms with Crippen molar-refractivity contribution in [3.05, 3.63) is 17.5 Å². The van der Waals surface area contributed by atoms with Gasteiger partial charge in [-0.3, -0.25) is 4.68 Å². The predicted molar refractivity (Wildman–Crippen MR) is 64.0 cm³/mol. The molecule has 1 heterocycles. The van der Waals surface area contributed by atoms with Gasteiger partial charge in [0.25, 0.3) is 0 Å². The van der Waals surface area contributed by atoms with Crippen LogP contribution in [0.25, 0.3) is 0 Å². The van der Waals surface area contributed by atoms with E-state index in [1.807, 2.05) is 7.05 Å². The van der Waals surface area contributed by atoms with Gasteiger partial charge in [-0.25, -0.2) is 0 Å². The molecule has 1 aromatic rings. The lowest BCUT2D eigenvalue weighted by Gasteiger charge is -2.16. The highest BCUT2D eigenvalue weighted by Crippen LogP contribution is 2.19. The largest absolute Gasteiger partial charge is 0.312 e. The zero-order chi connectivity index (χ0) is 11.3. The topological polar surface area (TPSA) is 29.9 Å². The van der Waals surface area contributed by atoms with Gasteiger partial charge in [0.1, 0.15) is 0 Å². The number of rotatable bonds is 6. The van der Waals surface area contributed by atoms with Crippen molar-refractivity contribution in [1.29, 1.82) is 0 Å². The Balaban J connectivity index is 2.80. The highest BCUT2D eigenvalue weighted by molar-refractivity contribution is 5.13. The smallest absolute Gasteiger partial charge is 0.0597 e. The first-order chi connectivity index (χ1) is 7.22. The molecule has 15 heavy (non-hydrogen) atoms. The molecule has 0 aliphatic rings. The fraction of sp³-hybridized carbons (Fsp3) is 0.750. The molecule has 0 aliphatic heterocycles. The number of unbranched alkanes of at least 4 members (excludes halogenated alkanes) is 1. The first kappa shape index (κ1) is 12.2. The minimum atomic E-state index is 0.450. The van der Waals surface area contributed by atoms with E-state index in [2.05, 4.69) is 41.9 Å². The Kier molecular flexibility index (Phi) is 4.82. The van der Waals surface area contributed by atoms with Crippen molar-refractivity contribution in [2.24, 2.45) is 0 Å². The van der Waals surface area contributed by atoms with E-state index in [9.17, 15) is 0 Å². The second-order valence-corrected chi connectivity index (χ2v) is 4.01. The maximum absolute atomic E-state index is 4.48. The van der Waals surface area contributed by atoms with Gasteiger partial charge in [0.2, 0.25) is 0 Å². The number of hydrogen-bond donors (Lipinski definition) is 1. The standard InChI is InChI=1S/C12H23N3/c1-5-7-8-11(13-4)12-9-10(3)14-15(12)6-2/h9,11,13H,5-8H2,1-4H3. The van der Waals surface area contributed by atoms with Gasteiger partial charge in [-0.2, -0.15) is 5.10 Å². The van der Waals surface area contributed by atoms with Crippen molar-refractivity contribution >= 4 is 0 Å². The van der Waals surface area contributed by atoms with Crippen LogP contribution < -0.4 is 5.32 Å². The van der Waals surface area contributed by atoms with Gasteiger partial charge in [-0.15, -0.1) is 0 Å². The summed E-state index contributed by atoms with van der Waals surface area (Å²) < 4.78 is 2.10. The lowest BCUT2D eigenvalue weighted by molar-refractivity contribution is 0.473. The van der Waals surface area contributed by atoms with Gasteiger partial charge in [-0.1, -0.05) is 19.8 Å². The van der Waals surface area contributed by atoms with E-state index < -0.39 is 0 Å². The van der Waals surface area contributed by atoms with Crippen molar-refractivity contribution in [3.63, 3.8) is 0 Å². The summed E-state index contributed by atoms with van der Waals surface area (Å²) in [6.07, 6.45) is 3.70. The number of nitrogens with one attached hydrogen (secondary N) is 1. The molecule has 0 bridgehead atoms. The molecule has 1 N–H and O–H groups in total. The molecule has 0 amide bonds. The van der Waals surface area contributed by atoms with Crippen LogP contribution in [-0.2, 0) is 6.54 Å². The monoisotopic (exact) mass is 209 g/mol. The summed E-state index contributed by atoms with van der Waals surface area (Å²) in [5.41, 5.74) is 2.44. The Morgan fingerprint density at radius 1 is 1.47 bits per heavy atom. The third-order valence-electron chi connectivity index (χ3n) is 2.78. The molecule has 0 saturated heterocycles. The van der Waals surface area contributed by atoms with Crippen molar-refractivity contribution < 1.29 is 0 Å². The zero-order valence-electron chi connectivity index (χ0n) is 10.4. The summed E-state index contributed by atoms with van der Waals surface area (Å²) in [4.78, 5) is 0. The van der Waals surface area contributed by atoms with Crippen LogP contribution in [0.3, 0.4) is 0 Å². The summed E-state index contributed by atoms with van der Waals surface area (Å²) in [6.45, 7) is 7.38. The van der Waals surface area contributed by atoms with Crippen LogP contribution in [0.4, 0.5) is 0 Å². The second-order valence-electron chi connectivity index (χ2n) is 4.01. The number of aryl methyl sites for hydroxylation is 2. The fourth-order valence-corrected chi connectivity index (χ4v) is 1.95. The highest BCUT2D eigenvalue weighted by atomic mass is 15.3. The molecule has 3 heteroatoms. The van der Waals surface area contributed by atoms with E-state index in [0.29, 0.717) is 6.04 Å².